The SMILES string of the molecule is CCc1cc(NC(=O)Cc2ccc(Oc3ccnc4cc(OC)ncc34)cc2)n[nH]1. The van der Waals surface area contributed by atoms with Crippen LogP contribution in [0.1, 0.15) is 18.2 Å². The molecule has 2 N–H and O–H groups in total. The van der Waals surface area contributed by atoms with Gasteiger partial charge in [0.1, 0.15) is 11.5 Å². The maximum atomic E-state index is 12.2. The molecule has 0 radical (unpaired) electrons. The molecule has 3 aromatic heterocycles. The molecule has 8 nitrogen and oxygen atoms in total. The van der Waals surface area contributed by atoms with Crippen LogP contribution >= 0.6 is 0 Å². The lowest BCUT2D eigenvalue weighted by atomic mass is 10.1. The van der Waals surface area contributed by atoms with Crippen molar-refractivity contribution in [1.29, 1.82) is 0 Å². The van der Waals surface area contributed by atoms with Gasteiger partial charge in [0.25, 0.3) is 0 Å². The lowest BCUT2D eigenvalue weighted by molar-refractivity contribution is -0.115. The number of aromatic nitrogens is 4. The number of carbonyl (C=O) groups excluding carboxylic acids is 1. The van der Waals surface area contributed by atoms with Gasteiger partial charge in [0, 0.05) is 30.2 Å². The van der Waals surface area contributed by atoms with Crippen LogP contribution in [0.2, 0.25) is 0 Å². The number of aryl methyl sites for hydroxylation is 1. The molecule has 8 heteroatoms. The van der Waals surface area contributed by atoms with Gasteiger partial charge in [-0.25, -0.2) is 4.98 Å². The molecule has 152 valence electrons. The molecule has 0 aliphatic heterocycles. The zero-order valence-electron chi connectivity index (χ0n) is 16.7. The van der Waals surface area contributed by atoms with E-state index in [1.54, 1.807) is 31.6 Å². The Morgan fingerprint density at radius 1 is 1.13 bits per heavy atom. The first-order chi connectivity index (χ1) is 14.6. The van der Waals surface area contributed by atoms with Crippen LogP contribution in [-0.4, -0.2) is 33.2 Å². The van der Waals surface area contributed by atoms with Crippen LogP contribution in [0.4, 0.5) is 5.82 Å². The highest BCUT2D eigenvalue weighted by molar-refractivity contribution is 5.91. The van der Waals surface area contributed by atoms with Crippen molar-refractivity contribution in [3.05, 3.63) is 66.1 Å². The van der Waals surface area contributed by atoms with Crippen LogP contribution in [0.25, 0.3) is 10.9 Å². The fraction of sp³-hybridized carbons (Fsp3) is 0.182. The molecule has 0 spiro atoms. The molecule has 0 atom stereocenters. The molecule has 0 unspecified atom stereocenters. The number of anilines is 1. The highest BCUT2D eigenvalue weighted by Crippen LogP contribution is 2.29. The summed E-state index contributed by atoms with van der Waals surface area (Å²) in [6.07, 6.45) is 4.43. The summed E-state index contributed by atoms with van der Waals surface area (Å²) in [7, 11) is 1.56. The number of methoxy groups -OCH3 is 1. The normalized spacial score (nSPS) is 10.7. The van der Waals surface area contributed by atoms with Crippen molar-refractivity contribution in [3.63, 3.8) is 0 Å². The molecule has 0 aliphatic carbocycles. The zero-order valence-corrected chi connectivity index (χ0v) is 16.7. The first kappa shape index (κ1) is 19.4. The van der Waals surface area contributed by atoms with Crippen molar-refractivity contribution in [3.8, 4) is 17.4 Å². The Balaban J connectivity index is 1.42. The van der Waals surface area contributed by atoms with Crippen LogP contribution in [0.5, 0.6) is 17.4 Å². The summed E-state index contributed by atoms with van der Waals surface area (Å²) in [5.74, 6) is 2.20. The second-order valence-electron chi connectivity index (χ2n) is 6.66. The number of aromatic amines is 1. The smallest absolute Gasteiger partial charge is 0.229 e. The maximum absolute atomic E-state index is 12.2. The molecule has 4 aromatic rings. The van der Waals surface area contributed by atoms with Gasteiger partial charge < -0.3 is 14.8 Å². The zero-order chi connectivity index (χ0) is 20.9. The van der Waals surface area contributed by atoms with E-state index in [0.29, 0.717) is 23.2 Å². The van der Waals surface area contributed by atoms with Crippen molar-refractivity contribution in [1.82, 2.24) is 20.2 Å². The second kappa shape index (κ2) is 8.60. The first-order valence-electron chi connectivity index (χ1n) is 9.54. The number of fused-ring (bicyclic) bond motifs is 1. The Bertz CT molecular complexity index is 1170. The van der Waals surface area contributed by atoms with Gasteiger partial charge in [-0.3, -0.25) is 14.9 Å². The fourth-order valence-corrected chi connectivity index (χ4v) is 2.98. The number of carbonyl (C=O) groups is 1. The molecule has 0 fully saturated rings. The molecule has 3 heterocycles. The van der Waals surface area contributed by atoms with Gasteiger partial charge in [-0.05, 0) is 30.2 Å². The highest BCUT2D eigenvalue weighted by atomic mass is 16.5. The minimum absolute atomic E-state index is 0.127. The molecule has 0 aliphatic rings. The number of benzene rings is 1. The van der Waals surface area contributed by atoms with Crippen LogP contribution in [-0.2, 0) is 17.6 Å². The summed E-state index contributed by atoms with van der Waals surface area (Å²) in [6, 6.07) is 12.8. The van der Waals surface area contributed by atoms with E-state index in [-0.39, 0.29) is 12.3 Å². The standard InChI is InChI=1S/C22H21N5O3/c1-3-15-11-20(27-26-15)25-21(28)10-14-4-6-16(7-5-14)30-19-8-9-23-18-12-22(29-2)24-13-17(18)19/h4-9,11-13H,3,10H2,1-2H3,(H2,25,26,27,28). The Kier molecular flexibility index (Phi) is 5.56. The number of H-pyrrole nitrogens is 1. The summed E-state index contributed by atoms with van der Waals surface area (Å²) >= 11 is 0. The molecule has 0 bridgehead atoms. The van der Waals surface area contributed by atoms with Crippen molar-refractivity contribution >= 4 is 22.6 Å². The van der Waals surface area contributed by atoms with E-state index in [0.717, 1.165) is 28.6 Å². The highest BCUT2D eigenvalue weighted by Gasteiger charge is 2.09. The summed E-state index contributed by atoms with van der Waals surface area (Å²) in [6.45, 7) is 2.02. The Morgan fingerprint density at radius 3 is 2.70 bits per heavy atom. The monoisotopic (exact) mass is 403 g/mol. The number of rotatable bonds is 7. The largest absolute Gasteiger partial charge is 0.481 e. The van der Waals surface area contributed by atoms with Gasteiger partial charge in [-0.2, -0.15) is 5.10 Å². The maximum Gasteiger partial charge on any atom is 0.229 e. The number of amides is 1. The number of nitrogens with zero attached hydrogens (tertiary/aromatic N) is 3. The Morgan fingerprint density at radius 2 is 1.97 bits per heavy atom. The van der Waals surface area contributed by atoms with E-state index in [1.165, 1.54) is 0 Å². The Hall–Kier alpha value is -3.94. The van der Waals surface area contributed by atoms with Crippen LogP contribution in [0.15, 0.2) is 54.9 Å². The molecular formula is C22H21N5O3. The molecule has 0 saturated carbocycles. The topological polar surface area (TPSA) is 102 Å². The van der Waals surface area contributed by atoms with Crippen molar-refractivity contribution < 1.29 is 14.3 Å². The number of hydrogen-bond acceptors (Lipinski definition) is 6. The number of nitrogens with one attached hydrogen (secondary N) is 2. The van der Waals surface area contributed by atoms with Crippen LogP contribution < -0.4 is 14.8 Å². The fourth-order valence-electron chi connectivity index (χ4n) is 2.98. The number of pyridine rings is 2. The molecule has 4 rings (SSSR count). The summed E-state index contributed by atoms with van der Waals surface area (Å²) in [5, 5.41) is 10.5. The van der Waals surface area contributed by atoms with Crippen LogP contribution in [0.3, 0.4) is 0 Å². The van der Waals surface area contributed by atoms with E-state index in [4.69, 9.17) is 9.47 Å². The predicted octanol–water partition coefficient (Wildman–Crippen LogP) is 3.90. The van der Waals surface area contributed by atoms with Crippen LogP contribution in [0, 0.1) is 0 Å². The third-order valence-corrected chi connectivity index (χ3v) is 4.57. The number of hydrogen-bond donors (Lipinski definition) is 2. The first-order valence-corrected chi connectivity index (χ1v) is 9.54. The van der Waals surface area contributed by atoms with Gasteiger partial charge in [-0.15, -0.1) is 0 Å². The lowest BCUT2D eigenvalue weighted by Crippen LogP contribution is -2.14. The van der Waals surface area contributed by atoms with Gasteiger partial charge in [0.2, 0.25) is 11.8 Å². The van der Waals surface area contributed by atoms with E-state index >= 15 is 0 Å². The van der Waals surface area contributed by atoms with E-state index in [2.05, 4.69) is 25.5 Å². The van der Waals surface area contributed by atoms with Gasteiger partial charge in [0.15, 0.2) is 5.82 Å². The average molecular weight is 403 g/mol. The van der Waals surface area contributed by atoms with E-state index < -0.39 is 0 Å². The predicted molar refractivity (Wildman–Crippen MR) is 113 cm³/mol. The Labute approximate surface area is 173 Å². The number of ether oxygens (including phenoxy) is 2. The average Bonchev–Trinajstić information content (AvgIpc) is 3.22. The molecule has 1 aromatic carbocycles. The quantitative estimate of drug-likeness (QED) is 0.485. The third kappa shape index (κ3) is 4.38. The van der Waals surface area contributed by atoms with Crippen molar-refractivity contribution in [2.24, 2.45) is 0 Å². The second-order valence-corrected chi connectivity index (χ2v) is 6.66. The van der Waals surface area contributed by atoms with Gasteiger partial charge in [-0.1, -0.05) is 19.1 Å². The summed E-state index contributed by atoms with van der Waals surface area (Å²) < 4.78 is 11.1. The molecule has 30 heavy (non-hydrogen) atoms. The molecular weight excluding hydrogens is 382 g/mol. The molecule has 1 amide bonds. The van der Waals surface area contributed by atoms with Crippen molar-refractivity contribution in [2.45, 2.75) is 19.8 Å². The van der Waals surface area contributed by atoms with Crippen molar-refractivity contribution in [2.75, 3.05) is 12.4 Å². The molecule has 0 saturated heterocycles. The lowest BCUT2D eigenvalue weighted by Gasteiger charge is -2.10. The van der Waals surface area contributed by atoms with Gasteiger partial charge in [0.05, 0.1) is 24.4 Å². The summed E-state index contributed by atoms with van der Waals surface area (Å²) in [5.41, 5.74) is 2.58. The summed E-state index contributed by atoms with van der Waals surface area (Å²) in [4.78, 5) is 20.8. The minimum Gasteiger partial charge on any atom is -0.481 e. The third-order valence-electron chi connectivity index (χ3n) is 4.57. The minimum atomic E-state index is -0.127. The van der Waals surface area contributed by atoms with E-state index in [9.17, 15) is 4.79 Å². The van der Waals surface area contributed by atoms with E-state index in [1.807, 2.05) is 37.3 Å². The van der Waals surface area contributed by atoms with Gasteiger partial charge >= 0.3 is 0 Å².